The Kier molecular flexibility index (Phi) is 5.99. The number of benzene rings is 2. The van der Waals surface area contributed by atoms with Crippen LogP contribution in [0.25, 0.3) is 0 Å². The molecule has 0 saturated carbocycles. The highest BCUT2D eigenvalue weighted by Crippen LogP contribution is 2.19. The standard InChI is InChI=1S/C17H15F3N2O3/c1-25-17(24)10-3-2-4-11(9-10)21-8-7-14(23)22-13-6-5-12(18)15(19)16(13)20/h2-6,9,21H,7-8H2,1H3,(H,22,23). The van der Waals surface area contributed by atoms with E-state index in [1.165, 1.54) is 7.11 Å². The maximum atomic E-state index is 13.5. The van der Waals surface area contributed by atoms with Gasteiger partial charge in [-0.3, -0.25) is 4.79 Å². The van der Waals surface area contributed by atoms with Gasteiger partial charge < -0.3 is 15.4 Å². The monoisotopic (exact) mass is 352 g/mol. The van der Waals surface area contributed by atoms with Crippen LogP contribution in [0.2, 0.25) is 0 Å². The van der Waals surface area contributed by atoms with Gasteiger partial charge in [0.1, 0.15) is 0 Å². The van der Waals surface area contributed by atoms with Crippen molar-refractivity contribution in [1.29, 1.82) is 0 Å². The van der Waals surface area contributed by atoms with Crippen molar-refractivity contribution in [3.8, 4) is 0 Å². The molecule has 0 aliphatic heterocycles. The zero-order valence-corrected chi connectivity index (χ0v) is 13.2. The molecule has 0 fully saturated rings. The highest BCUT2D eigenvalue weighted by atomic mass is 19.2. The molecule has 0 aliphatic carbocycles. The first-order chi connectivity index (χ1) is 11.9. The topological polar surface area (TPSA) is 67.4 Å². The first kappa shape index (κ1) is 18.3. The fourth-order valence-corrected chi connectivity index (χ4v) is 2.03. The molecule has 132 valence electrons. The van der Waals surface area contributed by atoms with Gasteiger partial charge in [0.25, 0.3) is 0 Å². The van der Waals surface area contributed by atoms with Crippen molar-refractivity contribution in [3.63, 3.8) is 0 Å². The molecule has 0 heterocycles. The van der Waals surface area contributed by atoms with Crippen LogP contribution in [0.15, 0.2) is 36.4 Å². The number of halogens is 3. The largest absolute Gasteiger partial charge is 0.465 e. The van der Waals surface area contributed by atoms with Gasteiger partial charge >= 0.3 is 5.97 Å². The fraction of sp³-hybridized carbons (Fsp3) is 0.176. The second-order valence-corrected chi connectivity index (χ2v) is 5.02. The minimum Gasteiger partial charge on any atom is -0.465 e. The van der Waals surface area contributed by atoms with Gasteiger partial charge in [0, 0.05) is 18.7 Å². The van der Waals surface area contributed by atoms with Crippen molar-refractivity contribution in [1.82, 2.24) is 0 Å². The summed E-state index contributed by atoms with van der Waals surface area (Å²) in [4.78, 5) is 23.2. The summed E-state index contributed by atoms with van der Waals surface area (Å²) >= 11 is 0. The molecule has 0 spiro atoms. The first-order valence-electron chi connectivity index (χ1n) is 7.28. The van der Waals surface area contributed by atoms with E-state index in [0.29, 0.717) is 11.3 Å². The summed E-state index contributed by atoms with van der Waals surface area (Å²) in [5.41, 5.74) is 0.507. The van der Waals surface area contributed by atoms with E-state index >= 15 is 0 Å². The van der Waals surface area contributed by atoms with Crippen LogP contribution in [0.3, 0.4) is 0 Å². The van der Waals surface area contributed by atoms with Crippen LogP contribution in [0.1, 0.15) is 16.8 Å². The van der Waals surface area contributed by atoms with Crippen LogP contribution in [-0.4, -0.2) is 25.5 Å². The molecule has 0 aromatic heterocycles. The second kappa shape index (κ2) is 8.18. The lowest BCUT2D eigenvalue weighted by Crippen LogP contribution is -2.17. The van der Waals surface area contributed by atoms with Crippen molar-refractivity contribution in [2.45, 2.75) is 6.42 Å². The number of hydrogen-bond acceptors (Lipinski definition) is 4. The second-order valence-electron chi connectivity index (χ2n) is 5.02. The van der Waals surface area contributed by atoms with Gasteiger partial charge in [0.2, 0.25) is 5.91 Å². The lowest BCUT2D eigenvalue weighted by molar-refractivity contribution is -0.116. The van der Waals surface area contributed by atoms with Gasteiger partial charge in [0.15, 0.2) is 17.5 Å². The number of anilines is 2. The summed E-state index contributed by atoms with van der Waals surface area (Å²) in [5, 5.41) is 5.09. The third-order valence-electron chi connectivity index (χ3n) is 3.27. The van der Waals surface area contributed by atoms with Crippen molar-refractivity contribution >= 4 is 23.3 Å². The summed E-state index contributed by atoms with van der Waals surface area (Å²) in [5.74, 6) is -5.50. The van der Waals surface area contributed by atoms with Crippen LogP contribution in [-0.2, 0) is 9.53 Å². The number of amides is 1. The molecule has 2 N–H and O–H groups in total. The normalized spacial score (nSPS) is 10.2. The van der Waals surface area contributed by atoms with Crippen LogP contribution >= 0.6 is 0 Å². The van der Waals surface area contributed by atoms with Gasteiger partial charge in [-0.05, 0) is 30.3 Å². The zero-order chi connectivity index (χ0) is 18.4. The molecule has 0 unspecified atom stereocenters. The number of esters is 1. The summed E-state index contributed by atoms with van der Waals surface area (Å²) in [6.07, 6.45) is -0.0547. The minimum atomic E-state index is -1.64. The molecule has 0 atom stereocenters. The number of rotatable bonds is 6. The number of methoxy groups -OCH3 is 1. The maximum Gasteiger partial charge on any atom is 0.337 e. The predicted octanol–water partition coefficient (Wildman–Crippen LogP) is 3.33. The van der Waals surface area contributed by atoms with E-state index in [-0.39, 0.29) is 13.0 Å². The molecule has 0 saturated heterocycles. The van der Waals surface area contributed by atoms with Crippen molar-refractivity contribution in [3.05, 3.63) is 59.4 Å². The Balaban J connectivity index is 1.89. The van der Waals surface area contributed by atoms with Crippen molar-refractivity contribution in [2.75, 3.05) is 24.3 Å². The molecule has 2 aromatic carbocycles. The van der Waals surface area contributed by atoms with Gasteiger partial charge in [-0.25, -0.2) is 18.0 Å². The lowest BCUT2D eigenvalue weighted by Gasteiger charge is -2.09. The van der Waals surface area contributed by atoms with E-state index in [0.717, 1.165) is 12.1 Å². The third-order valence-corrected chi connectivity index (χ3v) is 3.27. The highest BCUT2D eigenvalue weighted by Gasteiger charge is 2.15. The van der Waals surface area contributed by atoms with E-state index in [2.05, 4.69) is 15.4 Å². The lowest BCUT2D eigenvalue weighted by atomic mass is 10.2. The molecule has 2 rings (SSSR count). The Morgan fingerprint density at radius 2 is 1.84 bits per heavy atom. The van der Waals surface area contributed by atoms with Gasteiger partial charge in [-0.1, -0.05) is 6.07 Å². The van der Waals surface area contributed by atoms with E-state index in [1.54, 1.807) is 24.3 Å². The number of carbonyl (C=O) groups excluding carboxylic acids is 2. The quantitative estimate of drug-likeness (QED) is 0.618. The smallest absolute Gasteiger partial charge is 0.337 e. The fourth-order valence-electron chi connectivity index (χ4n) is 2.03. The summed E-state index contributed by atoms with van der Waals surface area (Å²) < 4.78 is 44.0. The minimum absolute atomic E-state index is 0.0547. The van der Waals surface area contributed by atoms with Gasteiger partial charge in [-0.2, -0.15) is 0 Å². The predicted molar refractivity (Wildman–Crippen MR) is 85.8 cm³/mol. The van der Waals surface area contributed by atoms with Gasteiger partial charge in [0.05, 0.1) is 18.4 Å². The Morgan fingerprint density at radius 1 is 1.08 bits per heavy atom. The average molecular weight is 352 g/mol. The van der Waals surface area contributed by atoms with Crippen LogP contribution in [0.5, 0.6) is 0 Å². The Bertz CT molecular complexity index is 797. The molecule has 8 heteroatoms. The molecule has 25 heavy (non-hydrogen) atoms. The molecule has 0 aliphatic rings. The van der Waals surface area contributed by atoms with Crippen LogP contribution < -0.4 is 10.6 Å². The Hall–Kier alpha value is -3.03. The number of carbonyl (C=O) groups is 2. The molecule has 2 aromatic rings. The van der Waals surface area contributed by atoms with E-state index in [4.69, 9.17) is 0 Å². The van der Waals surface area contributed by atoms with Crippen molar-refractivity contribution < 1.29 is 27.5 Å². The first-order valence-corrected chi connectivity index (χ1v) is 7.28. The van der Waals surface area contributed by atoms with E-state index in [9.17, 15) is 22.8 Å². The SMILES string of the molecule is COC(=O)c1cccc(NCCC(=O)Nc2ccc(F)c(F)c2F)c1. The van der Waals surface area contributed by atoms with Crippen LogP contribution in [0.4, 0.5) is 24.5 Å². The number of nitrogens with one attached hydrogen (secondary N) is 2. The zero-order valence-electron chi connectivity index (χ0n) is 13.2. The molecule has 0 radical (unpaired) electrons. The van der Waals surface area contributed by atoms with Crippen LogP contribution in [0, 0.1) is 17.5 Å². The molecule has 1 amide bonds. The highest BCUT2D eigenvalue weighted by molar-refractivity contribution is 5.91. The summed E-state index contributed by atoms with van der Waals surface area (Å²) in [6, 6.07) is 8.14. The summed E-state index contributed by atoms with van der Waals surface area (Å²) in [6.45, 7) is 0.182. The van der Waals surface area contributed by atoms with E-state index in [1.807, 2.05) is 0 Å². The molecular formula is C17H15F3N2O3. The Labute approximate surface area is 141 Å². The number of ether oxygens (including phenoxy) is 1. The molecular weight excluding hydrogens is 337 g/mol. The molecule has 5 nitrogen and oxygen atoms in total. The number of hydrogen-bond donors (Lipinski definition) is 2. The van der Waals surface area contributed by atoms with Gasteiger partial charge in [-0.15, -0.1) is 0 Å². The molecule has 0 bridgehead atoms. The average Bonchev–Trinajstić information content (AvgIpc) is 2.62. The Morgan fingerprint density at radius 3 is 2.56 bits per heavy atom. The summed E-state index contributed by atoms with van der Waals surface area (Å²) in [7, 11) is 1.27. The van der Waals surface area contributed by atoms with E-state index < -0.39 is 35.0 Å². The third kappa shape index (κ3) is 4.72. The van der Waals surface area contributed by atoms with Crippen molar-refractivity contribution in [2.24, 2.45) is 0 Å². The maximum absolute atomic E-state index is 13.5.